The molecule has 0 unspecified atom stereocenters. The number of nitrogens with one attached hydrogen (secondary N) is 1. The molecule has 0 bridgehead atoms. The van der Waals surface area contributed by atoms with Gasteiger partial charge in [0, 0.05) is 5.56 Å². The van der Waals surface area contributed by atoms with E-state index in [-0.39, 0.29) is 23.8 Å². The van der Waals surface area contributed by atoms with Gasteiger partial charge in [0.15, 0.2) is 6.04 Å². The van der Waals surface area contributed by atoms with Gasteiger partial charge in [-0.05, 0) is 26.8 Å². The Morgan fingerprint density at radius 2 is 2.04 bits per heavy atom. The summed E-state index contributed by atoms with van der Waals surface area (Å²) in [7, 11) is 0. The van der Waals surface area contributed by atoms with E-state index in [1.165, 1.54) is 12.1 Å². The maximum absolute atomic E-state index is 13.7. The molecule has 1 rings (SSSR count). The Hall–Kier alpha value is -1.86. The van der Waals surface area contributed by atoms with Crippen molar-refractivity contribution < 1.29 is 28.6 Å². The van der Waals surface area contributed by atoms with Crippen LogP contribution in [0, 0.1) is 5.82 Å². The molecule has 1 aromatic rings. The Balaban J connectivity index is 2.55. The van der Waals surface area contributed by atoms with E-state index in [9.17, 15) is 14.0 Å². The fourth-order valence-corrected chi connectivity index (χ4v) is 1.77. The van der Waals surface area contributed by atoms with Crippen LogP contribution in [0.1, 0.15) is 26.3 Å². The third-order valence-electron chi connectivity index (χ3n) is 2.56. The van der Waals surface area contributed by atoms with Crippen molar-refractivity contribution >= 4 is 23.7 Å². The first-order valence-electron chi connectivity index (χ1n) is 6.83. The van der Waals surface area contributed by atoms with Crippen molar-refractivity contribution in [1.29, 1.82) is 0 Å². The Bertz CT molecular complexity index is 573. The molecule has 0 aliphatic heterocycles. The summed E-state index contributed by atoms with van der Waals surface area (Å²) >= 11 is 5.64. The largest absolute Gasteiger partial charge is 0.480 e. The molecule has 0 heterocycles. The van der Waals surface area contributed by atoms with Crippen molar-refractivity contribution in [2.75, 3.05) is 6.61 Å². The minimum absolute atomic E-state index is 0.0484. The van der Waals surface area contributed by atoms with E-state index in [0.29, 0.717) is 0 Å². The number of aliphatic carboxylic acids is 1. The van der Waals surface area contributed by atoms with Crippen molar-refractivity contribution in [3.05, 3.63) is 34.6 Å². The summed E-state index contributed by atoms with van der Waals surface area (Å²) in [5.41, 5.74) is -0.559. The van der Waals surface area contributed by atoms with Crippen LogP contribution < -0.4 is 5.32 Å². The Morgan fingerprint density at radius 1 is 1.39 bits per heavy atom. The second kappa shape index (κ2) is 8.12. The number of alkyl carbamates (subject to hydrolysis) is 1. The Labute approximate surface area is 138 Å². The van der Waals surface area contributed by atoms with Crippen LogP contribution in [-0.2, 0) is 20.9 Å². The SMILES string of the molecule is CC(C)(C)OC(=O)N[C@H](COCc1cccc(Cl)c1F)C(=O)O. The number of carboxylic acid groups (broad SMARTS) is 1. The van der Waals surface area contributed by atoms with Crippen molar-refractivity contribution in [2.45, 2.75) is 39.0 Å². The molecule has 0 fully saturated rings. The maximum atomic E-state index is 13.7. The zero-order valence-corrected chi connectivity index (χ0v) is 13.8. The molecule has 0 saturated carbocycles. The summed E-state index contributed by atoms with van der Waals surface area (Å²) < 4.78 is 23.8. The zero-order chi connectivity index (χ0) is 17.6. The number of hydrogen-bond acceptors (Lipinski definition) is 4. The summed E-state index contributed by atoms with van der Waals surface area (Å²) in [5, 5.41) is 11.2. The molecule has 0 spiro atoms. The van der Waals surface area contributed by atoms with Gasteiger partial charge in [0.2, 0.25) is 0 Å². The molecule has 1 aromatic carbocycles. The van der Waals surface area contributed by atoms with Crippen LogP contribution >= 0.6 is 11.6 Å². The summed E-state index contributed by atoms with van der Waals surface area (Å²) in [6.07, 6.45) is -0.873. The summed E-state index contributed by atoms with van der Waals surface area (Å²) in [5.74, 6) is -1.91. The quantitative estimate of drug-likeness (QED) is 0.826. The predicted molar refractivity (Wildman–Crippen MR) is 81.9 cm³/mol. The first-order chi connectivity index (χ1) is 10.6. The van der Waals surface area contributed by atoms with Crippen molar-refractivity contribution in [1.82, 2.24) is 5.32 Å². The van der Waals surface area contributed by atoms with Crippen LogP contribution in [0.4, 0.5) is 9.18 Å². The van der Waals surface area contributed by atoms with Gasteiger partial charge in [0.1, 0.15) is 11.4 Å². The Morgan fingerprint density at radius 3 is 2.61 bits per heavy atom. The van der Waals surface area contributed by atoms with Gasteiger partial charge < -0.3 is 19.9 Å². The van der Waals surface area contributed by atoms with E-state index < -0.39 is 29.5 Å². The highest BCUT2D eigenvalue weighted by molar-refractivity contribution is 6.30. The molecule has 128 valence electrons. The molecule has 0 aromatic heterocycles. The van der Waals surface area contributed by atoms with E-state index in [1.54, 1.807) is 26.8 Å². The van der Waals surface area contributed by atoms with Crippen LogP contribution in [0.25, 0.3) is 0 Å². The lowest BCUT2D eigenvalue weighted by molar-refractivity contribution is -0.141. The number of carboxylic acids is 1. The lowest BCUT2D eigenvalue weighted by atomic mass is 10.2. The molecule has 1 amide bonds. The number of rotatable bonds is 6. The van der Waals surface area contributed by atoms with E-state index in [1.807, 2.05) is 0 Å². The maximum Gasteiger partial charge on any atom is 0.408 e. The van der Waals surface area contributed by atoms with Crippen LogP contribution in [0.3, 0.4) is 0 Å². The fourth-order valence-electron chi connectivity index (χ4n) is 1.57. The molecule has 23 heavy (non-hydrogen) atoms. The van der Waals surface area contributed by atoms with Gasteiger partial charge in [-0.25, -0.2) is 14.0 Å². The molecule has 6 nitrogen and oxygen atoms in total. The minimum atomic E-state index is -1.31. The predicted octanol–water partition coefficient (Wildman–Crippen LogP) is 2.97. The first-order valence-corrected chi connectivity index (χ1v) is 7.21. The summed E-state index contributed by atoms with van der Waals surface area (Å²) in [6.45, 7) is 4.44. The molecular weight excluding hydrogens is 329 g/mol. The third-order valence-corrected chi connectivity index (χ3v) is 2.85. The summed E-state index contributed by atoms with van der Waals surface area (Å²) in [4.78, 5) is 22.7. The molecule has 0 saturated heterocycles. The molecule has 1 atom stereocenters. The normalized spacial score (nSPS) is 12.6. The molecular formula is C15H19ClFNO5. The van der Waals surface area contributed by atoms with E-state index in [2.05, 4.69) is 5.32 Å². The highest BCUT2D eigenvalue weighted by Crippen LogP contribution is 2.18. The lowest BCUT2D eigenvalue weighted by Gasteiger charge is -2.22. The number of amides is 1. The smallest absolute Gasteiger partial charge is 0.408 e. The van der Waals surface area contributed by atoms with E-state index in [4.69, 9.17) is 26.2 Å². The first kappa shape index (κ1) is 19.2. The van der Waals surface area contributed by atoms with Gasteiger partial charge in [0.25, 0.3) is 0 Å². The average Bonchev–Trinajstić information content (AvgIpc) is 2.40. The average molecular weight is 348 g/mol. The monoisotopic (exact) mass is 347 g/mol. The number of carbonyl (C=O) groups is 2. The van der Waals surface area contributed by atoms with E-state index >= 15 is 0 Å². The molecule has 0 aliphatic carbocycles. The van der Waals surface area contributed by atoms with Crippen molar-refractivity contribution in [2.24, 2.45) is 0 Å². The van der Waals surface area contributed by atoms with Gasteiger partial charge in [0.05, 0.1) is 18.2 Å². The van der Waals surface area contributed by atoms with Crippen molar-refractivity contribution in [3.8, 4) is 0 Å². The number of benzene rings is 1. The third kappa shape index (κ3) is 6.83. The molecule has 8 heteroatoms. The van der Waals surface area contributed by atoms with Crippen LogP contribution in [0.2, 0.25) is 5.02 Å². The summed E-state index contributed by atoms with van der Waals surface area (Å²) in [6, 6.07) is 3.10. The van der Waals surface area contributed by atoms with Gasteiger partial charge in [-0.2, -0.15) is 0 Å². The van der Waals surface area contributed by atoms with Crippen LogP contribution in [0.15, 0.2) is 18.2 Å². The van der Waals surface area contributed by atoms with Gasteiger partial charge in [-0.3, -0.25) is 0 Å². The highest BCUT2D eigenvalue weighted by atomic mass is 35.5. The molecule has 2 N–H and O–H groups in total. The van der Waals surface area contributed by atoms with Crippen LogP contribution in [-0.4, -0.2) is 35.4 Å². The van der Waals surface area contributed by atoms with Gasteiger partial charge in [-0.15, -0.1) is 0 Å². The fraction of sp³-hybridized carbons (Fsp3) is 0.467. The standard InChI is InChI=1S/C15H19ClFNO5/c1-15(2,3)23-14(21)18-11(13(19)20)8-22-7-9-5-4-6-10(16)12(9)17/h4-6,11H,7-8H2,1-3H3,(H,18,21)(H,19,20)/t11-/m1/s1. The molecule has 0 radical (unpaired) electrons. The second-order valence-corrected chi connectivity index (χ2v) is 6.17. The van der Waals surface area contributed by atoms with Crippen molar-refractivity contribution in [3.63, 3.8) is 0 Å². The van der Waals surface area contributed by atoms with Crippen LogP contribution in [0.5, 0.6) is 0 Å². The molecule has 0 aliphatic rings. The lowest BCUT2D eigenvalue weighted by Crippen LogP contribution is -2.46. The Kier molecular flexibility index (Phi) is 6.78. The number of carbonyl (C=O) groups excluding carboxylic acids is 1. The van der Waals surface area contributed by atoms with Gasteiger partial charge in [-0.1, -0.05) is 23.7 Å². The number of hydrogen-bond donors (Lipinski definition) is 2. The van der Waals surface area contributed by atoms with E-state index in [0.717, 1.165) is 0 Å². The topological polar surface area (TPSA) is 84.9 Å². The zero-order valence-electron chi connectivity index (χ0n) is 13.1. The number of halogens is 2. The number of ether oxygens (including phenoxy) is 2. The van der Waals surface area contributed by atoms with Gasteiger partial charge >= 0.3 is 12.1 Å². The second-order valence-electron chi connectivity index (χ2n) is 5.77. The highest BCUT2D eigenvalue weighted by Gasteiger charge is 2.24. The minimum Gasteiger partial charge on any atom is -0.480 e.